The zero-order valence-electron chi connectivity index (χ0n) is 10.6. The van der Waals surface area contributed by atoms with Gasteiger partial charge in [0.15, 0.2) is 5.78 Å². The zero-order valence-corrected chi connectivity index (χ0v) is 10.6. The first-order valence-electron chi connectivity index (χ1n) is 5.75. The number of carbonyl (C=O) groups excluding carboxylic acids is 1. The highest BCUT2D eigenvalue weighted by atomic mass is 16.5. The van der Waals surface area contributed by atoms with Gasteiger partial charge in [-0.3, -0.25) is 4.79 Å². The summed E-state index contributed by atoms with van der Waals surface area (Å²) >= 11 is 0. The Morgan fingerprint density at radius 2 is 2.06 bits per heavy atom. The lowest BCUT2D eigenvalue weighted by Crippen LogP contribution is -2.08. The summed E-state index contributed by atoms with van der Waals surface area (Å²) in [6.45, 7) is 5.75. The lowest BCUT2D eigenvalue weighted by molar-refractivity contribution is 0.0940. The van der Waals surface area contributed by atoms with Crippen LogP contribution in [0.2, 0.25) is 0 Å². The van der Waals surface area contributed by atoms with Crippen molar-refractivity contribution in [3.05, 3.63) is 29.5 Å². The van der Waals surface area contributed by atoms with Gasteiger partial charge < -0.3 is 9.72 Å². The molecule has 0 saturated carbocycles. The van der Waals surface area contributed by atoms with Crippen LogP contribution in [0.25, 0.3) is 10.9 Å². The fraction of sp³-hybridized carbons (Fsp3) is 0.357. The van der Waals surface area contributed by atoms with Gasteiger partial charge in [0.25, 0.3) is 0 Å². The number of ketones is 1. The standard InChI is InChI=1S/C14H17NO2/c1-8(2)14(16)12-9(3)15-10-6-5-7-11(17-4)13(10)12/h5-8,15H,1-4H3. The fourth-order valence-electron chi connectivity index (χ4n) is 2.11. The maximum absolute atomic E-state index is 12.2. The highest BCUT2D eigenvalue weighted by Crippen LogP contribution is 2.32. The molecule has 17 heavy (non-hydrogen) atoms. The van der Waals surface area contributed by atoms with Gasteiger partial charge in [0.05, 0.1) is 18.0 Å². The van der Waals surface area contributed by atoms with Crippen LogP contribution in [0.3, 0.4) is 0 Å². The molecule has 3 nitrogen and oxygen atoms in total. The number of aromatic amines is 1. The molecule has 0 spiro atoms. The Labute approximate surface area is 101 Å². The maximum atomic E-state index is 12.2. The predicted octanol–water partition coefficient (Wildman–Crippen LogP) is 3.32. The molecule has 0 amide bonds. The maximum Gasteiger partial charge on any atom is 0.167 e. The van der Waals surface area contributed by atoms with Crippen molar-refractivity contribution in [3.8, 4) is 5.75 Å². The molecule has 1 heterocycles. The summed E-state index contributed by atoms with van der Waals surface area (Å²) < 4.78 is 5.34. The second kappa shape index (κ2) is 4.24. The molecular weight excluding hydrogens is 214 g/mol. The van der Waals surface area contributed by atoms with E-state index in [0.717, 1.165) is 27.9 Å². The molecule has 90 valence electrons. The van der Waals surface area contributed by atoms with E-state index in [1.165, 1.54) is 0 Å². The number of rotatable bonds is 3. The third-order valence-corrected chi connectivity index (χ3v) is 2.96. The van der Waals surface area contributed by atoms with Gasteiger partial charge in [0.1, 0.15) is 5.75 Å². The number of hydrogen-bond donors (Lipinski definition) is 1. The van der Waals surface area contributed by atoms with E-state index in [-0.39, 0.29) is 11.7 Å². The average Bonchev–Trinajstić information content (AvgIpc) is 2.63. The number of Topliss-reactive ketones (excluding diaryl/α,β-unsaturated/α-hetero) is 1. The van der Waals surface area contributed by atoms with Gasteiger partial charge in [-0.15, -0.1) is 0 Å². The molecule has 1 aromatic carbocycles. The first-order chi connectivity index (χ1) is 8.06. The fourth-order valence-corrected chi connectivity index (χ4v) is 2.11. The molecule has 0 aliphatic heterocycles. The molecule has 0 saturated heterocycles. The number of benzene rings is 1. The van der Waals surface area contributed by atoms with E-state index in [2.05, 4.69) is 4.98 Å². The van der Waals surface area contributed by atoms with Gasteiger partial charge >= 0.3 is 0 Å². The number of ether oxygens (including phenoxy) is 1. The summed E-state index contributed by atoms with van der Waals surface area (Å²) in [7, 11) is 1.63. The van der Waals surface area contributed by atoms with Gasteiger partial charge in [-0.2, -0.15) is 0 Å². The van der Waals surface area contributed by atoms with Crippen molar-refractivity contribution >= 4 is 16.7 Å². The van der Waals surface area contributed by atoms with Crippen LogP contribution >= 0.6 is 0 Å². The summed E-state index contributed by atoms with van der Waals surface area (Å²) in [4.78, 5) is 15.5. The smallest absolute Gasteiger partial charge is 0.167 e. The number of methoxy groups -OCH3 is 1. The number of hydrogen-bond acceptors (Lipinski definition) is 2. The van der Waals surface area contributed by atoms with Gasteiger partial charge in [0, 0.05) is 17.2 Å². The monoisotopic (exact) mass is 231 g/mol. The summed E-state index contributed by atoms with van der Waals surface area (Å²) in [6.07, 6.45) is 0. The highest BCUT2D eigenvalue weighted by Gasteiger charge is 2.20. The SMILES string of the molecule is COc1cccc2[nH]c(C)c(C(=O)C(C)C)c12. The summed E-state index contributed by atoms with van der Waals surface area (Å²) in [6, 6.07) is 5.76. The topological polar surface area (TPSA) is 42.1 Å². The minimum atomic E-state index is -0.0161. The summed E-state index contributed by atoms with van der Waals surface area (Å²) in [5, 5.41) is 0.895. The quantitative estimate of drug-likeness (QED) is 0.823. The molecule has 1 N–H and O–H groups in total. The van der Waals surface area contributed by atoms with Crippen molar-refractivity contribution in [1.82, 2.24) is 4.98 Å². The van der Waals surface area contributed by atoms with Crippen molar-refractivity contribution < 1.29 is 9.53 Å². The molecule has 0 fully saturated rings. The molecule has 3 heteroatoms. The van der Waals surface area contributed by atoms with Gasteiger partial charge in [-0.05, 0) is 19.1 Å². The molecule has 0 unspecified atom stereocenters. The first kappa shape index (κ1) is 11.7. The van der Waals surface area contributed by atoms with Crippen molar-refractivity contribution in [2.75, 3.05) is 7.11 Å². The van der Waals surface area contributed by atoms with Gasteiger partial charge in [-0.25, -0.2) is 0 Å². The molecular formula is C14H17NO2. The molecule has 0 atom stereocenters. The van der Waals surface area contributed by atoms with E-state index in [4.69, 9.17) is 4.74 Å². The molecule has 1 aromatic heterocycles. The van der Waals surface area contributed by atoms with E-state index in [0.29, 0.717) is 0 Å². The van der Waals surface area contributed by atoms with Crippen LogP contribution in [-0.4, -0.2) is 17.9 Å². The molecule has 2 rings (SSSR count). The molecule has 0 aliphatic rings. The van der Waals surface area contributed by atoms with Crippen LogP contribution in [0, 0.1) is 12.8 Å². The molecule has 0 bridgehead atoms. The van der Waals surface area contributed by atoms with E-state index in [1.54, 1.807) is 7.11 Å². The van der Waals surface area contributed by atoms with Crippen molar-refractivity contribution in [3.63, 3.8) is 0 Å². The Morgan fingerprint density at radius 1 is 1.35 bits per heavy atom. The van der Waals surface area contributed by atoms with Crippen LogP contribution in [-0.2, 0) is 0 Å². The van der Waals surface area contributed by atoms with Gasteiger partial charge in [0.2, 0.25) is 0 Å². The third-order valence-electron chi connectivity index (χ3n) is 2.96. The second-order valence-electron chi connectivity index (χ2n) is 4.53. The molecule has 0 radical (unpaired) electrons. The van der Waals surface area contributed by atoms with E-state index in [9.17, 15) is 4.79 Å². The predicted molar refractivity (Wildman–Crippen MR) is 68.8 cm³/mol. The number of nitrogens with one attached hydrogen (secondary N) is 1. The Bertz CT molecular complexity index is 567. The number of fused-ring (bicyclic) bond motifs is 1. The van der Waals surface area contributed by atoms with Crippen LogP contribution in [0.5, 0.6) is 5.75 Å². The number of aromatic nitrogens is 1. The van der Waals surface area contributed by atoms with E-state index < -0.39 is 0 Å². The Hall–Kier alpha value is -1.77. The first-order valence-corrected chi connectivity index (χ1v) is 5.75. The largest absolute Gasteiger partial charge is 0.496 e. The van der Waals surface area contributed by atoms with Crippen molar-refractivity contribution in [2.45, 2.75) is 20.8 Å². The Balaban J connectivity index is 2.77. The Morgan fingerprint density at radius 3 is 2.65 bits per heavy atom. The van der Waals surface area contributed by atoms with Crippen molar-refractivity contribution in [1.29, 1.82) is 0 Å². The molecule has 2 aromatic rings. The Kier molecular flexibility index (Phi) is 2.92. The zero-order chi connectivity index (χ0) is 12.6. The number of aryl methyl sites for hydroxylation is 1. The van der Waals surface area contributed by atoms with Crippen LogP contribution in [0.15, 0.2) is 18.2 Å². The van der Waals surface area contributed by atoms with E-state index >= 15 is 0 Å². The lowest BCUT2D eigenvalue weighted by Gasteiger charge is -2.07. The normalized spacial score (nSPS) is 11.1. The van der Waals surface area contributed by atoms with Crippen LogP contribution < -0.4 is 4.74 Å². The van der Waals surface area contributed by atoms with Crippen LogP contribution in [0.1, 0.15) is 29.9 Å². The minimum absolute atomic E-state index is 0.0161. The highest BCUT2D eigenvalue weighted by molar-refractivity contribution is 6.11. The number of H-pyrrole nitrogens is 1. The summed E-state index contributed by atoms with van der Waals surface area (Å²) in [5.74, 6) is 0.881. The average molecular weight is 231 g/mol. The minimum Gasteiger partial charge on any atom is -0.496 e. The van der Waals surface area contributed by atoms with Crippen LogP contribution in [0.4, 0.5) is 0 Å². The number of carbonyl (C=O) groups is 1. The summed E-state index contributed by atoms with van der Waals surface area (Å²) in [5.41, 5.74) is 2.61. The van der Waals surface area contributed by atoms with E-state index in [1.807, 2.05) is 39.0 Å². The second-order valence-corrected chi connectivity index (χ2v) is 4.53. The third kappa shape index (κ3) is 1.82. The van der Waals surface area contributed by atoms with Crippen molar-refractivity contribution in [2.24, 2.45) is 5.92 Å². The lowest BCUT2D eigenvalue weighted by atomic mass is 9.98. The molecule has 0 aliphatic carbocycles. The van der Waals surface area contributed by atoms with Gasteiger partial charge in [-0.1, -0.05) is 19.9 Å².